The van der Waals surface area contributed by atoms with Crippen molar-refractivity contribution in [3.63, 3.8) is 0 Å². The zero-order valence-electron chi connectivity index (χ0n) is 9.81. The minimum Gasteiger partial charge on any atom is -0.371 e. The number of rotatable bonds is 3. The summed E-state index contributed by atoms with van der Waals surface area (Å²) in [6.45, 7) is 4.07. The third-order valence-corrected chi connectivity index (χ3v) is 3.22. The maximum Gasteiger partial charge on any atom is 0.391 e. The normalized spacial score (nSPS) is 32.1. The highest BCUT2D eigenvalue weighted by atomic mass is 19.4. The molecule has 0 heterocycles. The summed E-state index contributed by atoms with van der Waals surface area (Å²) in [6.07, 6.45) is -2.98. The van der Waals surface area contributed by atoms with E-state index in [1.54, 1.807) is 0 Å². The van der Waals surface area contributed by atoms with Gasteiger partial charge < -0.3 is 10.5 Å². The van der Waals surface area contributed by atoms with Gasteiger partial charge in [-0.25, -0.2) is 0 Å². The first-order chi connectivity index (χ1) is 7.29. The lowest BCUT2D eigenvalue weighted by Crippen LogP contribution is -2.47. The summed E-state index contributed by atoms with van der Waals surface area (Å²) in [5.74, 6) is -1.18. The summed E-state index contributed by atoms with van der Waals surface area (Å²) in [4.78, 5) is 0. The van der Waals surface area contributed by atoms with Crippen molar-refractivity contribution in [3.05, 3.63) is 0 Å². The van der Waals surface area contributed by atoms with E-state index in [0.29, 0.717) is 19.4 Å². The van der Waals surface area contributed by atoms with Crippen LogP contribution in [0.1, 0.15) is 39.5 Å². The molecule has 0 aliphatic heterocycles. The molecular formula is C11H20F3NO. The van der Waals surface area contributed by atoms with Crippen LogP contribution in [0.4, 0.5) is 13.2 Å². The molecule has 1 aliphatic carbocycles. The molecule has 5 heteroatoms. The molecule has 0 radical (unpaired) electrons. The molecule has 0 aromatic heterocycles. The Balaban J connectivity index is 2.57. The van der Waals surface area contributed by atoms with E-state index in [9.17, 15) is 13.2 Å². The Morgan fingerprint density at radius 1 is 1.31 bits per heavy atom. The second-order valence-electron chi connectivity index (χ2n) is 4.87. The van der Waals surface area contributed by atoms with E-state index in [4.69, 9.17) is 10.5 Å². The minimum absolute atomic E-state index is 0.00554. The molecule has 0 aromatic rings. The number of hydrogen-bond acceptors (Lipinski definition) is 2. The van der Waals surface area contributed by atoms with Gasteiger partial charge in [0.25, 0.3) is 0 Å². The predicted octanol–water partition coefficient (Wildman–Crippen LogP) is 2.86. The van der Waals surface area contributed by atoms with Crippen molar-refractivity contribution in [1.82, 2.24) is 0 Å². The Morgan fingerprint density at radius 2 is 1.81 bits per heavy atom. The van der Waals surface area contributed by atoms with E-state index in [0.717, 1.165) is 0 Å². The molecule has 0 saturated heterocycles. The van der Waals surface area contributed by atoms with Gasteiger partial charge in [0.15, 0.2) is 0 Å². The Kier molecular flexibility index (Phi) is 4.23. The number of alkyl halides is 3. The third-order valence-electron chi connectivity index (χ3n) is 3.22. The first kappa shape index (κ1) is 13.8. The summed E-state index contributed by atoms with van der Waals surface area (Å²) in [6, 6.07) is 0. The van der Waals surface area contributed by atoms with Crippen LogP contribution in [0.3, 0.4) is 0 Å². The minimum atomic E-state index is -4.07. The lowest BCUT2D eigenvalue weighted by molar-refractivity contribution is -0.199. The van der Waals surface area contributed by atoms with Crippen LogP contribution in [0.5, 0.6) is 0 Å². The summed E-state index contributed by atoms with van der Waals surface area (Å²) in [5.41, 5.74) is 5.10. The van der Waals surface area contributed by atoms with Gasteiger partial charge in [-0.15, -0.1) is 0 Å². The molecule has 0 aromatic carbocycles. The van der Waals surface area contributed by atoms with Crippen LogP contribution in [0.2, 0.25) is 0 Å². The van der Waals surface area contributed by atoms with Crippen LogP contribution in [0.15, 0.2) is 0 Å². The Labute approximate surface area is 94.3 Å². The van der Waals surface area contributed by atoms with Crippen molar-refractivity contribution in [3.8, 4) is 0 Å². The summed E-state index contributed by atoms with van der Waals surface area (Å²) >= 11 is 0. The zero-order chi connectivity index (χ0) is 12.4. The fraction of sp³-hybridized carbons (Fsp3) is 1.00. The summed E-state index contributed by atoms with van der Waals surface area (Å²) in [7, 11) is 0. The fourth-order valence-corrected chi connectivity index (χ4v) is 2.34. The van der Waals surface area contributed by atoms with Gasteiger partial charge >= 0.3 is 6.18 Å². The van der Waals surface area contributed by atoms with Gasteiger partial charge in [0.2, 0.25) is 0 Å². The maximum atomic E-state index is 12.5. The van der Waals surface area contributed by atoms with Crippen LogP contribution < -0.4 is 5.73 Å². The smallest absolute Gasteiger partial charge is 0.371 e. The standard InChI is InChI=1S/C11H20F3NO/c1-8(2)16-10(7-15)5-3-9(4-6-10)11(12,13)14/h8-9H,3-7,15H2,1-2H3. The average molecular weight is 239 g/mol. The second-order valence-corrected chi connectivity index (χ2v) is 4.87. The van der Waals surface area contributed by atoms with E-state index in [2.05, 4.69) is 0 Å². The molecule has 1 aliphatic rings. The number of hydrogen-bond donors (Lipinski definition) is 1. The first-order valence-electron chi connectivity index (χ1n) is 5.74. The van der Waals surface area contributed by atoms with Crippen molar-refractivity contribution in [1.29, 1.82) is 0 Å². The molecule has 1 saturated carbocycles. The van der Waals surface area contributed by atoms with Crippen LogP contribution in [0, 0.1) is 5.92 Å². The molecule has 0 atom stereocenters. The Morgan fingerprint density at radius 3 is 2.12 bits per heavy atom. The van der Waals surface area contributed by atoms with Gasteiger partial charge in [-0.2, -0.15) is 13.2 Å². The molecule has 2 N–H and O–H groups in total. The third kappa shape index (κ3) is 3.35. The van der Waals surface area contributed by atoms with Crippen LogP contribution >= 0.6 is 0 Å². The molecule has 1 fully saturated rings. The van der Waals surface area contributed by atoms with Crippen molar-refractivity contribution in [2.75, 3.05) is 6.54 Å². The highest BCUT2D eigenvalue weighted by molar-refractivity contribution is 4.90. The second kappa shape index (κ2) is 4.92. The first-order valence-corrected chi connectivity index (χ1v) is 5.74. The Hall–Kier alpha value is -0.290. The molecule has 0 amide bonds. The SMILES string of the molecule is CC(C)OC1(CN)CCC(C(F)(F)F)CC1. The molecule has 96 valence electrons. The quantitative estimate of drug-likeness (QED) is 0.822. The molecule has 0 spiro atoms. The summed E-state index contributed by atoms with van der Waals surface area (Å²) < 4.78 is 43.2. The highest BCUT2D eigenvalue weighted by Gasteiger charge is 2.46. The van der Waals surface area contributed by atoms with E-state index in [-0.39, 0.29) is 18.9 Å². The van der Waals surface area contributed by atoms with Crippen molar-refractivity contribution in [2.45, 2.75) is 57.4 Å². The van der Waals surface area contributed by atoms with Gasteiger partial charge in [-0.1, -0.05) is 0 Å². The van der Waals surface area contributed by atoms with Crippen molar-refractivity contribution < 1.29 is 17.9 Å². The number of nitrogens with two attached hydrogens (primary N) is 1. The molecule has 16 heavy (non-hydrogen) atoms. The number of ether oxygens (including phenoxy) is 1. The van der Waals surface area contributed by atoms with Crippen LogP contribution in [-0.4, -0.2) is 24.4 Å². The van der Waals surface area contributed by atoms with Crippen LogP contribution in [-0.2, 0) is 4.74 Å². The highest BCUT2D eigenvalue weighted by Crippen LogP contribution is 2.42. The van der Waals surface area contributed by atoms with Gasteiger partial charge in [0.1, 0.15) is 0 Å². The average Bonchev–Trinajstić information content (AvgIpc) is 2.16. The maximum absolute atomic E-state index is 12.5. The van der Waals surface area contributed by atoms with Gasteiger partial charge in [-0.05, 0) is 39.5 Å². The molecule has 0 unspecified atom stereocenters. The van der Waals surface area contributed by atoms with Gasteiger partial charge in [0.05, 0.1) is 17.6 Å². The lowest BCUT2D eigenvalue weighted by Gasteiger charge is -2.40. The van der Waals surface area contributed by atoms with E-state index in [1.165, 1.54) is 0 Å². The largest absolute Gasteiger partial charge is 0.391 e. The topological polar surface area (TPSA) is 35.2 Å². The molecule has 0 bridgehead atoms. The van der Waals surface area contributed by atoms with Crippen molar-refractivity contribution >= 4 is 0 Å². The zero-order valence-corrected chi connectivity index (χ0v) is 9.81. The molecular weight excluding hydrogens is 219 g/mol. The monoisotopic (exact) mass is 239 g/mol. The lowest BCUT2D eigenvalue weighted by atomic mass is 9.78. The van der Waals surface area contributed by atoms with E-state index >= 15 is 0 Å². The van der Waals surface area contributed by atoms with E-state index in [1.807, 2.05) is 13.8 Å². The molecule has 1 rings (SSSR count). The fourth-order valence-electron chi connectivity index (χ4n) is 2.34. The van der Waals surface area contributed by atoms with Crippen molar-refractivity contribution in [2.24, 2.45) is 11.7 Å². The van der Waals surface area contributed by atoms with Gasteiger partial charge in [-0.3, -0.25) is 0 Å². The van der Waals surface area contributed by atoms with E-state index < -0.39 is 17.7 Å². The Bertz CT molecular complexity index is 220. The predicted molar refractivity (Wildman–Crippen MR) is 56.0 cm³/mol. The summed E-state index contributed by atoms with van der Waals surface area (Å²) in [5, 5.41) is 0. The molecule has 2 nitrogen and oxygen atoms in total. The van der Waals surface area contributed by atoms with Crippen LogP contribution in [0.25, 0.3) is 0 Å². The van der Waals surface area contributed by atoms with Gasteiger partial charge in [0, 0.05) is 6.54 Å². The number of halogens is 3.